The minimum atomic E-state index is -0.821. The van der Waals surface area contributed by atoms with Crippen LogP contribution in [-0.2, 0) is 4.74 Å². The van der Waals surface area contributed by atoms with Gasteiger partial charge in [-0.15, -0.1) is 0 Å². The van der Waals surface area contributed by atoms with E-state index < -0.39 is 17.6 Å². The molecule has 0 unspecified atom stereocenters. The van der Waals surface area contributed by atoms with Crippen LogP contribution in [0, 0.1) is 11.6 Å². The van der Waals surface area contributed by atoms with Crippen LogP contribution in [-0.4, -0.2) is 17.7 Å². The minimum Gasteiger partial charge on any atom is -0.461 e. The SMILES string of the molecule is CCOC(=O)c1cc(-c2c(F)cc(Br)cc2F)on1. The van der Waals surface area contributed by atoms with Gasteiger partial charge in [-0.25, -0.2) is 13.6 Å². The maximum absolute atomic E-state index is 13.7. The van der Waals surface area contributed by atoms with Gasteiger partial charge < -0.3 is 9.26 Å². The van der Waals surface area contributed by atoms with Crippen LogP contribution in [0.2, 0.25) is 0 Å². The van der Waals surface area contributed by atoms with Crippen molar-refractivity contribution >= 4 is 21.9 Å². The summed E-state index contributed by atoms with van der Waals surface area (Å²) in [4.78, 5) is 11.4. The van der Waals surface area contributed by atoms with Crippen LogP contribution in [0.25, 0.3) is 11.3 Å². The lowest BCUT2D eigenvalue weighted by molar-refractivity contribution is 0.0514. The Hall–Kier alpha value is -1.76. The van der Waals surface area contributed by atoms with E-state index in [1.165, 1.54) is 0 Å². The molecule has 0 bridgehead atoms. The number of carbonyl (C=O) groups is 1. The van der Waals surface area contributed by atoms with E-state index in [0.717, 1.165) is 18.2 Å². The molecule has 0 aliphatic rings. The molecule has 4 nitrogen and oxygen atoms in total. The highest BCUT2D eigenvalue weighted by molar-refractivity contribution is 9.10. The van der Waals surface area contributed by atoms with E-state index in [9.17, 15) is 13.6 Å². The number of hydrogen-bond donors (Lipinski definition) is 0. The number of ether oxygens (including phenoxy) is 1. The third kappa shape index (κ3) is 2.81. The molecule has 0 aliphatic heterocycles. The van der Waals surface area contributed by atoms with Crippen LogP contribution in [0.3, 0.4) is 0 Å². The summed E-state index contributed by atoms with van der Waals surface area (Å²) in [5, 5.41) is 3.42. The molecule has 7 heteroatoms. The minimum absolute atomic E-state index is 0.140. The molecule has 0 saturated carbocycles. The lowest BCUT2D eigenvalue weighted by atomic mass is 10.1. The number of rotatable bonds is 3. The first-order chi connectivity index (χ1) is 9.02. The summed E-state index contributed by atoms with van der Waals surface area (Å²) in [6.45, 7) is 1.80. The van der Waals surface area contributed by atoms with Gasteiger partial charge in [0.25, 0.3) is 0 Å². The normalized spacial score (nSPS) is 10.5. The fraction of sp³-hybridized carbons (Fsp3) is 0.167. The molecule has 0 saturated heterocycles. The van der Waals surface area contributed by atoms with Crippen LogP contribution >= 0.6 is 15.9 Å². The molecule has 2 aromatic rings. The van der Waals surface area contributed by atoms with E-state index in [-0.39, 0.29) is 28.1 Å². The van der Waals surface area contributed by atoms with E-state index in [1.54, 1.807) is 6.92 Å². The second-order valence-corrected chi connectivity index (χ2v) is 4.46. The number of carbonyl (C=O) groups excluding carboxylic acids is 1. The number of nitrogens with zero attached hydrogens (tertiary/aromatic N) is 1. The van der Waals surface area contributed by atoms with Gasteiger partial charge in [-0.3, -0.25) is 0 Å². The molecule has 0 N–H and O–H groups in total. The molecular formula is C12H8BrF2NO3. The Balaban J connectivity index is 2.41. The van der Waals surface area contributed by atoms with Crippen molar-refractivity contribution in [3.63, 3.8) is 0 Å². The number of esters is 1. The highest BCUT2D eigenvalue weighted by Gasteiger charge is 2.20. The Morgan fingerprint density at radius 1 is 1.37 bits per heavy atom. The molecule has 1 aromatic heterocycles. The first-order valence-electron chi connectivity index (χ1n) is 5.31. The Morgan fingerprint density at radius 3 is 2.58 bits per heavy atom. The summed E-state index contributed by atoms with van der Waals surface area (Å²) in [6.07, 6.45) is 0. The van der Waals surface area contributed by atoms with Crippen molar-refractivity contribution < 1.29 is 22.8 Å². The van der Waals surface area contributed by atoms with Gasteiger partial charge in [-0.2, -0.15) is 0 Å². The molecule has 1 heterocycles. The lowest BCUT2D eigenvalue weighted by Crippen LogP contribution is -2.04. The van der Waals surface area contributed by atoms with Crippen molar-refractivity contribution in [3.05, 3.63) is 40.0 Å². The molecule has 0 spiro atoms. The standard InChI is InChI=1S/C12H8BrF2NO3/c1-2-18-12(17)9-5-10(19-16-9)11-7(14)3-6(13)4-8(11)15/h3-5H,2H2,1H3. The highest BCUT2D eigenvalue weighted by atomic mass is 79.9. The van der Waals surface area contributed by atoms with Gasteiger partial charge in [-0.05, 0) is 19.1 Å². The number of hydrogen-bond acceptors (Lipinski definition) is 4. The summed E-state index contributed by atoms with van der Waals surface area (Å²) in [6, 6.07) is 3.31. The van der Waals surface area contributed by atoms with Gasteiger partial charge in [-0.1, -0.05) is 21.1 Å². The van der Waals surface area contributed by atoms with Crippen molar-refractivity contribution in [3.8, 4) is 11.3 Å². The predicted octanol–water partition coefficient (Wildman–Crippen LogP) is 3.56. The van der Waals surface area contributed by atoms with Gasteiger partial charge in [0.05, 0.1) is 12.2 Å². The maximum atomic E-state index is 13.7. The predicted molar refractivity (Wildman–Crippen MR) is 65.5 cm³/mol. The summed E-state index contributed by atoms with van der Waals surface area (Å²) in [5.74, 6) is -2.53. The molecule has 100 valence electrons. The fourth-order valence-electron chi connectivity index (χ4n) is 1.47. The number of aromatic nitrogens is 1. The van der Waals surface area contributed by atoms with Crippen molar-refractivity contribution in [2.45, 2.75) is 6.92 Å². The molecule has 0 aliphatic carbocycles. The fourth-order valence-corrected chi connectivity index (χ4v) is 1.87. The maximum Gasteiger partial charge on any atom is 0.360 e. The summed E-state index contributed by atoms with van der Waals surface area (Å²) in [7, 11) is 0. The Morgan fingerprint density at radius 2 is 2.00 bits per heavy atom. The third-order valence-electron chi connectivity index (χ3n) is 2.25. The monoisotopic (exact) mass is 331 g/mol. The van der Waals surface area contributed by atoms with E-state index >= 15 is 0 Å². The summed E-state index contributed by atoms with van der Waals surface area (Å²) >= 11 is 2.97. The zero-order chi connectivity index (χ0) is 14.0. The summed E-state index contributed by atoms with van der Waals surface area (Å²) in [5.41, 5.74) is -0.523. The van der Waals surface area contributed by atoms with Gasteiger partial charge in [0.15, 0.2) is 11.5 Å². The molecular weight excluding hydrogens is 324 g/mol. The van der Waals surface area contributed by atoms with Gasteiger partial charge in [0.1, 0.15) is 11.6 Å². The van der Waals surface area contributed by atoms with Crippen LogP contribution in [0.4, 0.5) is 8.78 Å². The Labute approximate surface area is 115 Å². The van der Waals surface area contributed by atoms with Crippen LogP contribution in [0.1, 0.15) is 17.4 Å². The second-order valence-electron chi connectivity index (χ2n) is 3.54. The Bertz CT molecular complexity index is 604. The largest absolute Gasteiger partial charge is 0.461 e. The highest BCUT2D eigenvalue weighted by Crippen LogP contribution is 2.29. The molecule has 0 radical (unpaired) electrons. The molecule has 0 atom stereocenters. The van der Waals surface area contributed by atoms with Crippen LogP contribution < -0.4 is 0 Å². The molecule has 0 amide bonds. The van der Waals surface area contributed by atoms with Crippen molar-refractivity contribution in [1.29, 1.82) is 0 Å². The van der Waals surface area contributed by atoms with E-state index in [1.807, 2.05) is 0 Å². The Kier molecular flexibility index (Phi) is 3.94. The quantitative estimate of drug-likeness (QED) is 0.807. The van der Waals surface area contributed by atoms with Crippen LogP contribution in [0.15, 0.2) is 27.2 Å². The van der Waals surface area contributed by atoms with E-state index in [2.05, 4.69) is 21.1 Å². The molecule has 19 heavy (non-hydrogen) atoms. The topological polar surface area (TPSA) is 52.3 Å². The smallest absolute Gasteiger partial charge is 0.360 e. The van der Waals surface area contributed by atoms with Gasteiger partial charge in [0.2, 0.25) is 0 Å². The first kappa shape index (κ1) is 13.7. The lowest BCUT2D eigenvalue weighted by Gasteiger charge is -2.01. The van der Waals surface area contributed by atoms with Gasteiger partial charge >= 0.3 is 5.97 Å². The van der Waals surface area contributed by atoms with Crippen molar-refractivity contribution in [1.82, 2.24) is 5.16 Å². The summed E-state index contributed by atoms with van der Waals surface area (Å²) < 4.78 is 37.1. The molecule has 2 rings (SSSR count). The second kappa shape index (κ2) is 5.48. The van der Waals surface area contributed by atoms with Crippen molar-refractivity contribution in [2.75, 3.05) is 6.61 Å². The number of halogens is 3. The zero-order valence-electron chi connectivity index (χ0n) is 9.75. The van der Waals surface area contributed by atoms with Gasteiger partial charge in [0, 0.05) is 10.5 Å². The van der Waals surface area contributed by atoms with E-state index in [4.69, 9.17) is 9.26 Å². The molecule has 0 fully saturated rings. The first-order valence-corrected chi connectivity index (χ1v) is 6.11. The van der Waals surface area contributed by atoms with E-state index in [0.29, 0.717) is 0 Å². The zero-order valence-corrected chi connectivity index (χ0v) is 11.3. The van der Waals surface area contributed by atoms with Crippen molar-refractivity contribution in [2.24, 2.45) is 0 Å². The average Bonchev–Trinajstić information content (AvgIpc) is 2.77. The molecule has 1 aromatic carbocycles. The van der Waals surface area contributed by atoms with Crippen LogP contribution in [0.5, 0.6) is 0 Å². The number of benzene rings is 1. The third-order valence-corrected chi connectivity index (χ3v) is 2.71. The average molecular weight is 332 g/mol.